The number of nitrogens with two attached hydrogens (primary N) is 1. The van der Waals surface area contributed by atoms with Crippen LogP contribution in [0, 0.1) is 0 Å². The molecule has 7 nitrogen and oxygen atoms in total. The first-order valence-corrected chi connectivity index (χ1v) is 6.44. The van der Waals surface area contributed by atoms with Gasteiger partial charge in [-0.1, -0.05) is 13.3 Å². The summed E-state index contributed by atoms with van der Waals surface area (Å²) >= 11 is 0. The van der Waals surface area contributed by atoms with E-state index in [9.17, 15) is 9.59 Å². The van der Waals surface area contributed by atoms with Gasteiger partial charge in [0.15, 0.2) is 0 Å². The van der Waals surface area contributed by atoms with Crippen molar-refractivity contribution in [2.24, 2.45) is 5.73 Å². The number of aliphatic carboxylic acids is 2. The first-order valence-electron chi connectivity index (χ1n) is 6.44. The van der Waals surface area contributed by atoms with Crippen LogP contribution in [0.25, 0.3) is 0 Å². The molecule has 0 aromatic rings. The monoisotopic (exact) mass is 277 g/mol. The van der Waals surface area contributed by atoms with E-state index in [4.69, 9.17) is 15.9 Å². The van der Waals surface area contributed by atoms with Crippen LogP contribution in [0.1, 0.15) is 32.6 Å². The second-order valence-electron chi connectivity index (χ2n) is 4.08. The Hall–Kier alpha value is -1.18. The van der Waals surface area contributed by atoms with Crippen LogP contribution in [0.15, 0.2) is 0 Å². The summed E-state index contributed by atoms with van der Waals surface area (Å²) in [4.78, 5) is 20.6. The lowest BCUT2D eigenvalue weighted by Crippen LogP contribution is -2.34. The fourth-order valence-electron chi connectivity index (χ4n) is 1.39. The molecule has 0 aromatic carbocycles. The average molecular weight is 277 g/mol. The predicted octanol–water partition coefficient (Wildman–Crippen LogP) is -0.143. The summed E-state index contributed by atoms with van der Waals surface area (Å²) in [6, 6.07) is -0.807. The number of hydrogen-bond donors (Lipinski definition) is 5. The van der Waals surface area contributed by atoms with Crippen LogP contribution >= 0.6 is 0 Å². The summed E-state index contributed by atoms with van der Waals surface area (Å²) in [7, 11) is 3.30. The Morgan fingerprint density at radius 3 is 1.68 bits per heavy atom. The van der Waals surface area contributed by atoms with Crippen molar-refractivity contribution in [1.29, 1.82) is 0 Å². The molecule has 0 heterocycles. The molecular formula is C12H27N3O4. The molecule has 0 aliphatic rings. The van der Waals surface area contributed by atoms with Crippen LogP contribution in [0.5, 0.6) is 0 Å². The molecule has 0 saturated heterocycles. The number of hydrogen-bond acceptors (Lipinski definition) is 5. The van der Waals surface area contributed by atoms with Crippen LogP contribution in [-0.2, 0) is 9.59 Å². The van der Waals surface area contributed by atoms with Gasteiger partial charge in [0.25, 0.3) is 0 Å². The molecule has 0 saturated carbocycles. The zero-order chi connectivity index (χ0) is 15.3. The molecule has 0 spiro atoms. The van der Waals surface area contributed by atoms with Crippen molar-refractivity contribution >= 4 is 11.9 Å². The van der Waals surface area contributed by atoms with Crippen LogP contribution in [-0.4, -0.2) is 54.9 Å². The Balaban J connectivity index is 0. The van der Waals surface area contributed by atoms with Gasteiger partial charge in [-0.3, -0.25) is 9.59 Å². The highest BCUT2D eigenvalue weighted by Gasteiger charge is 2.12. The van der Waals surface area contributed by atoms with Gasteiger partial charge in [0.1, 0.15) is 12.1 Å². The fraction of sp³-hybridized carbons (Fsp3) is 0.833. The number of likely N-dealkylation sites (N-methyl/N-ethyl adjacent to an activating group) is 2. The Bertz CT molecular complexity index is 249. The molecule has 2 atom stereocenters. The maximum absolute atomic E-state index is 10.3. The molecule has 6 N–H and O–H groups in total. The van der Waals surface area contributed by atoms with Crippen molar-refractivity contribution in [2.45, 2.75) is 44.7 Å². The second-order valence-corrected chi connectivity index (χ2v) is 4.08. The largest absolute Gasteiger partial charge is 0.480 e. The van der Waals surface area contributed by atoms with Gasteiger partial charge >= 0.3 is 11.9 Å². The molecule has 0 fully saturated rings. The van der Waals surface area contributed by atoms with Gasteiger partial charge in [-0.15, -0.1) is 0 Å². The summed E-state index contributed by atoms with van der Waals surface area (Å²) in [5.41, 5.74) is 5.21. The first-order chi connectivity index (χ1) is 8.94. The van der Waals surface area contributed by atoms with Gasteiger partial charge in [0.2, 0.25) is 0 Å². The maximum Gasteiger partial charge on any atom is 0.320 e. The molecule has 0 aliphatic heterocycles. The summed E-state index contributed by atoms with van der Waals surface area (Å²) in [6.45, 7) is 2.51. The lowest BCUT2D eigenvalue weighted by Gasteiger charge is -2.08. The second kappa shape index (κ2) is 13.3. The van der Waals surface area contributed by atoms with E-state index in [1.807, 2.05) is 6.92 Å². The standard InChI is InChI=1S/C6H14N2O2.C6H13NO2/c1-8-5(6(9)10)3-2-4-7;1-3-4-5(7-2)6(8)9/h5,8H,2-4,7H2,1H3,(H,9,10);5,7H,3-4H2,1-2H3,(H,8,9)/t2*5-/m00/s1. The lowest BCUT2D eigenvalue weighted by atomic mass is 10.1. The number of nitrogens with one attached hydrogen (secondary N) is 2. The molecule has 7 heteroatoms. The molecule has 0 radical (unpaired) electrons. The molecule has 0 aliphatic carbocycles. The van der Waals surface area contributed by atoms with Crippen molar-refractivity contribution in [3.8, 4) is 0 Å². The Kier molecular flexibility index (Phi) is 14.1. The van der Waals surface area contributed by atoms with Crippen LogP contribution in [0.2, 0.25) is 0 Å². The Morgan fingerprint density at radius 1 is 1.05 bits per heavy atom. The van der Waals surface area contributed by atoms with E-state index in [0.29, 0.717) is 19.4 Å². The Labute approximate surface area is 114 Å². The van der Waals surface area contributed by atoms with Crippen LogP contribution in [0.3, 0.4) is 0 Å². The number of carboxylic acid groups (broad SMARTS) is 2. The van der Waals surface area contributed by atoms with Crippen molar-refractivity contribution in [3.05, 3.63) is 0 Å². The van der Waals surface area contributed by atoms with Gasteiger partial charge in [-0.2, -0.15) is 0 Å². The van der Waals surface area contributed by atoms with E-state index < -0.39 is 18.0 Å². The molecule has 0 rings (SSSR count). The van der Waals surface area contributed by atoms with Crippen LogP contribution < -0.4 is 16.4 Å². The third-order valence-corrected chi connectivity index (χ3v) is 2.57. The highest BCUT2D eigenvalue weighted by molar-refractivity contribution is 5.73. The van der Waals surface area contributed by atoms with Crippen molar-refractivity contribution < 1.29 is 19.8 Å². The van der Waals surface area contributed by atoms with E-state index >= 15 is 0 Å². The normalized spacial score (nSPS) is 13.1. The van der Waals surface area contributed by atoms with Crippen LogP contribution in [0.4, 0.5) is 0 Å². The van der Waals surface area contributed by atoms with Gasteiger partial charge in [0, 0.05) is 0 Å². The summed E-state index contributed by atoms with van der Waals surface area (Å²) < 4.78 is 0. The average Bonchev–Trinajstić information content (AvgIpc) is 2.36. The maximum atomic E-state index is 10.3. The van der Waals surface area contributed by atoms with E-state index in [2.05, 4.69) is 10.6 Å². The quantitative estimate of drug-likeness (QED) is 0.397. The van der Waals surface area contributed by atoms with E-state index in [0.717, 1.165) is 12.8 Å². The molecule has 19 heavy (non-hydrogen) atoms. The van der Waals surface area contributed by atoms with E-state index in [1.165, 1.54) is 0 Å². The Morgan fingerprint density at radius 2 is 1.47 bits per heavy atom. The lowest BCUT2D eigenvalue weighted by molar-refractivity contribution is -0.140. The zero-order valence-electron chi connectivity index (χ0n) is 12.0. The topological polar surface area (TPSA) is 125 Å². The molecule has 0 bridgehead atoms. The molecule has 0 unspecified atom stereocenters. The number of rotatable bonds is 9. The van der Waals surface area contributed by atoms with Gasteiger partial charge in [-0.25, -0.2) is 0 Å². The SMILES string of the molecule is CCC[C@H](NC)C(=O)O.CN[C@@H](CCCN)C(=O)O. The molecular weight excluding hydrogens is 250 g/mol. The summed E-state index contributed by atoms with van der Waals surface area (Å²) in [5, 5.41) is 22.3. The number of carbonyl (C=O) groups is 2. The van der Waals surface area contributed by atoms with Gasteiger partial charge < -0.3 is 26.6 Å². The highest BCUT2D eigenvalue weighted by Crippen LogP contribution is 1.95. The molecule has 0 amide bonds. The van der Waals surface area contributed by atoms with Gasteiger partial charge in [-0.05, 0) is 39.9 Å². The minimum atomic E-state index is -0.809. The minimum Gasteiger partial charge on any atom is -0.480 e. The van der Waals surface area contributed by atoms with E-state index in [1.54, 1.807) is 14.1 Å². The number of carboxylic acids is 2. The molecule has 0 aromatic heterocycles. The summed E-state index contributed by atoms with van der Waals surface area (Å²) in [6.07, 6.45) is 2.95. The smallest absolute Gasteiger partial charge is 0.320 e. The van der Waals surface area contributed by atoms with Crippen molar-refractivity contribution in [1.82, 2.24) is 10.6 Å². The van der Waals surface area contributed by atoms with Crippen molar-refractivity contribution in [3.63, 3.8) is 0 Å². The van der Waals surface area contributed by atoms with E-state index in [-0.39, 0.29) is 6.04 Å². The van der Waals surface area contributed by atoms with Gasteiger partial charge in [0.05, 0.1) is 0 Å². The minimum absolute atomic E-state index is 0.366. The predicted molar refractivity (Wildman–Crippen MR) is 74.2 cm³/mol. The summed E-state index contributed by atoms with van der Waals surface area (Å²) in [5.74, 6) is -1.57. The van der Waals surface area contributed by atoms with Crippen molar-refractivity contribution in [2.75, 3.05) is 20.6 Å². The first kappa shape index (κ1) is 20.1. The zero-order valence-corrected chi connectivity index (χ0v) is 12.0. The fourth-order valence-corrected chi connectivity index (χ4v) is 1.39. The molecule has 114 valence electrons. The highest BCUT2D eigenvalue weighted by atomic mass is 16.4. The third-order valence-electron chi connectivity index (χ3n) is 2.57. The third kappa shape index (κ3) is 11.6.